The summed E-state index contributed by atoms with van der Waals surface area (Å²) >= 11 is 0. The molecule has 11 heteroatoms. The van der Waals surface area contributed by atoms with Crippen molar-refractivity contribution in [2.45, 2.75) is 20.0 Å². The molecule has 17 heavy (non-hydrogen) atoms. The van der Waals surface area contributed by atoms with Gasteiger partial charge >= 0.3 is 18.8 Å². The Hall–Kier alpha value is -0.150. The highest BCUT2D eigenvalue weighted by atomic mass is 32.2. The van der Waals surface area contributed by atoms with Crippen molar-refractivity contribution < 1.29 is 39.8 Å². The summed E-state index contributed by atoms with van der Waals surface area (Å²) in [5.74, 6) is 0. The lowest BCUT2D eigenvalue weighted by Crippen LogP contribution is -2.29. The number of hydrogen-bond donors (Lipinski definition) is 1. The van der Waals surface area contributed by atoms with Crippen LogP contribution in [-0.2, 0) is 23.7 Å². The molecule has 0 rings (SSSR count). The molecule has 6 nitrogen and oxygen atoms in total. The first-order valence-electron chi connectivity index (χ1n) is 4.30. The number of hydrogen-bond acceptors (Lipinski definition) is 5. The number of alkyl halides is 3. The zero-order valence-electron chi connectivity index (χ0n) is 8.89. The van der Waals surface area contributed by atoms with Crippen LogP contribution < -0.4 is 0 Å². The molecule has 0 saturated heterocycles. The lowest BCUT2D eigenvalue weighted by molar-refractivity contribution is -0.0973. The van der Waals surface area contributed by atoms with Gasteiger partial charge < -0.3 is 9.05 Å². The van der Waals surface area contributed by atoms with E-state index in [-0.39, 0.29) is 0 Å². The van der Waals surface area contributed by atoms with Gasteiger partial charge in [-0.2, -0.15) is 21.6 Å². The van der Waals surface area contributed by atoms with Crippen molar-refractivity contribution in [3.8, 4) is 0 Å². The van der Waals surface area contributed by atoms with Crippen LogP contribution >= 0.6 is 7.60 Å². The van der Waals surface area contributed by atoms with Crippen LogP contribution in [0.15, 0.2) is 0 Å². The van der Waals surface area contributed by atoms with Crippen LogP contribution in [0.3, 0.4) is 0 Å². The monoisotopic (exact) mass is 299 g/mol. The van der Waals surface area contributed by atoms with E-state index in [1.54, 1.807) is 0 Å². The Morgan fingerprint density at radius 2 is 1.59 bits per heavy atom. The molecule has 0 amide bonds. The predicted octanol–water partition coefficient (Wildman–Crippen LogP) is 2.19. The van der Waals surface area contributed by atoms with Crippen LogP contribution in [0.1, 0.15) is 13.8 Å². The summed E-state index contributed by atoms with van der Waals surface area (Å²) in [7, 11) is -10.9. The van der Waals surface area contributed by atoms with E-state index in [4.69, 9.17) is 4.55 Å². The fraction of sp³-hybridized carbons (Fsp3) is 0.833. The van der Waals surface area contributed by atoms with Crippen molar-refractivity contribution >= 4 is 17.7 Å². The third-order valence-electron chi connectivity index (χ3n) is 1.33. The number of rotatable bonds is 6. The van der Waals surface area contributed by atoms with E-state index < -0.39 is 42.1 Å². The lowest BCUT2D eigenvalue weighted by atomic mass is 10.8. The maximum Gasteiger partial charge on any atom is 0.424 e. The van der Waals surface area contributed by atoms with Crippen molar-refractivity contribution in [3.63, 3.8) is 0 Å². The largest absolute Gasteiger partial charge is 0.424 e. The zero-order chi connectivity index (χ0) is 13.9. The molecule has 0 aliphatic rings. The van der Waals surface area contributed by atoms with E-state index in [0.29, 0.717) is 0 Å². The van der Waals surface area contributed by atoms with Crippen molar-refractivity contribution in [1.82, 2.24) is 0 Å². The summed E-state index contributed by atoms with van der Waals surface area (Å²) in [6.45, 7) is 1.44. The van der Waals surface area contributed by atoms with Crippen LogP contribution in [-0.4, -0.2) is 32.4 Å². The summed E-state index contributed by atoms with van der Waals surface area (Å²) < 4.78 is 87.2. The average Bonchev–Trinajstić information content (AvgIpc) is 1.97. The molecule has 1 N–H and O–H groups in total. The molecule has 103 valence electrons. The number of halogens is 3. The molecule has 0 unspecified atom stereocenters. The van der Waals surface area contributed by atoms with Gasteiger partial charge in [-0.15, -0.1) is 0 Å². The van der Waals surface area contributed by atoms with Crippen molar-refractivity contribution in [3.05, 3.63) is 4.99 Å². The SMILES string of the molecule is CCOP(=O)(OCC)[C](C(F)(F)F)S(=O)(=O)O. The van der Waals surface area contributed by atoms with Gasteiger partial charge in [0.15, 0.2) is 0 Å². The fourth-order valence-corrected chi connectivity index (χ4v) is 3.98. The van der Waals surface area contributed by atoms with Gasteiger partial charge in [0.1, 0.15) is 0 Å². The highest BCUT2D eigenvalue weighted by Crippen LogP contribution is 2.65. The van der Waals surface area contributed by atoms with Gasteiger partial charge in [0.25, 0.3) is 10.1 Å². The lowest BCUT2D eigenvalue weighted by Gasteiger charge is -2.24. The second-order valence-corrected chi connectivity index (χ2v) is 6.23. The van der Waals surface area contributed by atoms with Crippen molar-refractivity contribution in [2.24, 2.45) is 0 Å². The van der Waals surface area contributed by atoms with Crippen LogP contribution in [0.5, 0.6) is 0 Å². The third kappa shape index (κ3) is 4.55. The Bertz CT molecular complexity index is 381. The van der Waals surface area contributed by atoms with Crippen LogP contribution in [0.2, 0.25) is 0 Å². The standard InChI is InChI=1S/C6H11F3O6PS/c1-3-14-16(10,15-4-2)5(6(7,8)9)17(11,12)13/h3-4H2,1-2H3,(H,11,12,13). The van der Waals surface area contributed by atoms with Gasteiger partial charge in [-0.25, -0.2) is 0 Å². The van der Waals surface area contributed by atoms with E-state index in [0.717, 1.165) is 0 Å². The highest BCUT2D eigenvalue weighted by Gasteiger charge is 2.63. The molecule has 0 atom stereocenters. The van der Waals surface area contributed by atoms with E-state index >= 15 is 0 Å². The minimum atomic E-state index is -5.75. The highest BCUT2D eigenvalue weighted by molar-refractivity contribution is 7.97. The predicted molar refractivity (Wildman–Crippen MR) is 51.7 cm³/mol. The molecule has 0 aliphatic heterocycles. The summed E-state index contributed by atoms with van der Waals surface area (Å²) in [6.07, 6.45) is -5.55. The summed E-state index contributed by atoms with van der Waals surface area (Å²) in [5, 5.41) is 0. The minimum Gasteiger partial charge on any atom is -0.307 e. The van der Waals surface area contributed by atoms with Gasteiger partial charge in [-0.1, -0.05) is 0 Å². The Labute approximate surface area is 96.4 Å². The summed E-state index contributed by atoms with van der Waals surface area (Å²) in [5.41, 5.74) is 0. The Kier molecular flexibility index (Phi) is 5.61. The van der Waals surface area contributed by atoms with Crippen LogP contribution in [0.25, 0.3) is 0 Å². The van der Waals surface area contributed by atoms with Crippen molar-refractivity contribution in [1.29, 1.82) is 0 Å². The summed E-state index contributed by atoms with van der Waals surface area (Å²) in [6, 6.07) is 0. The van der Waals surface area contributed by atoms with Gasteiger partial charge in [-0.3, -0.25) is 9.12 Å². The fourth-order valence-electron chi connectivity index (χ4n) is 0.937. The third-order valence-corrected chi connectivity index (χ3v) is 5.36. The second kappa shape index (κ2) is 5.66. The molecule has 0 aromatic heterocycles. The Morgan fingerprint density at radius 1 is 1.24 bits per heavy atom. The molecule has 0 spiro atoms. The van der Waals surface area contributed by atoms with Gasteiger partial charge in [0.2, 0.25) is 0 Å². The summed E-state index contributed by atoms with van der Waals surface area (Å²) in [4.78, 5) is -2.61. The Balaban J connectivity index is 5.64. The van der Waals surface area contributed by atoms with Crippen LogP contribution in [0.4, 0.5) is 13.2 Å². The topological polar surface area (TPSA) is 89.9 Å². The molecule has 0 heterocycles. The molecule has 0 aliphatic carbocycles. The molecular weight excluding hydrogens is 288 g/mol. The van der Waals surface area contributed by atoms with E-state index in [2.05, 4.69) is 9.05 Å². The molecule has 0 aromatic rings. The van der Waals surface area contributed by atoms with Crippen LogP contribution in [0, 0.1) is 4.99 Å². The minimum absolute atomic E-state index is 0.480. The molecular formula is C6H11F3O6PS. The van der Waals surface area contributed by atoms with Gasteiger partial charge in [0.05, 0.1) is 13.2 Å². The van der Waals surface area contributed by atoms with Gasteiger partial charge in [0, 0.05) is 0 Å². The zero-order valence-corrected chi connectivity index (χ0v) is 10.6. The first-order chi connectivity index (χ1) is 7.49. The molecule has 1 radical (unpaired) electrons. The average molecular weight is 299 g/mol. The van der Waals surface area contributed by atoms with E-state index in [9.17, 15) is 26.2 Å². The maximum absolute atomic E-state index is 12.4. The smallest absolute Gasteiger partial charge is 0.307 e. The second-order valence-electron chi connectivity index (χ2n) is 2.61. The maximum atomic E-state index is 12.4. The van der Waals surface area contributed by atoms with Crippen molar-refractivity contribution in [2.75, 3.05) is 13.2 Å². The Morgan fingerprint density at radius 3 is 1.76 bits per heavy atom. The molecule has 0 bridgehead atoms. The normalized spacial score (nSPS) is 14.3. The van der Waals surface area contributed by atoms with E-state index in [1.165, 1.54) is 13.8 Å². The quantitative estimate of drug-likeness (QED) is 0.597. The molecule has 0 aromatic carbocycles. The molecule has 0 saturated carbocycles. The first-order valence-corrected chi connectivity index (χ1v) is 7.28. The van der Waals surface area contributed by atoms with E-state index in [1.807, 2.05) is 0 Å². The first kappa shape index (κ1) is 16.9. The van der Waals surface area contributed by atoms with Gasteiger partial charge in [-0.05, 0) is 13.8 Å². The molecule has 0 fully saturated rings.